The number of hydrogen-bond acceptors (Lipinski definition) is 4. The molecule has 2 rings (SSSR count). The van der Waals surface area contributed by atoms with Gasteiger partial charge in [-0.2, -0.15) is 0 Å². The van der Waals surface area contributed by atoms with Crippen LogP contribution in [-0.2, 0) is 5.41 Å². The van der Waals surface area contributed by atoms with Crippen LogP contribution in [0.2, 0.25) is 0 Å². The zero-order chi connectivity index (χ0) is 13.9. The predicted octanol–water partition coefficient (Wildman–Crippen LogP) is 2.98. The molecule has 0 aliphatic carbocycles. The molecule has 0 spiro atoms. The third-order valence-corrected chi connectivity index (χ3v) is 3.12. The molecule has 1 aromatic carbocycles. The summed E-state index contributed by atoms with van der Waals surface area (Å²) in [6.45, 7) is 7.25. The van der Waals surface area contributed by atoms with Gasteiger partial charge < -0.3 is 14.9 Å². The molecule has 0 fully saturated rings. The highest BCUT2D eigenvalue weighted by Gasteiger charge is 2.23. The van der Waals surface area contributed by atoms with Gasteiger partial charge in [-0.3, -0.25) is 0 Å². The molecule has 0 aliphatic heterocycles. The smallest absolute Gasteiger partial charge is 0.226 e. The second-order valence-corrected chi connectivity index (χ2v) is 5.08. The highest BCUT2D eigenvalue weighted by Crippen LogP contribution is 2.26. The van der Waals surface area contributed by atoms with Crippen molar-refractivity contribution in [1.29, 1.82) is 0 Å². The molecule has 102 valence electrons. The van der Waals surface area contributed by atoms with Crippen LogP contribution in [0.1, 0.15) is 26.5 Å². The summed E-state index contributed by atoms with van der Waals surface area (Å²) < 4.78 is 10.9. The van der Waals surface area contributed by atoms with Gasteiger partial charge in [0, 0.05) is 17.5 Å². The summed E-state index contributed by atoms with van der Waals surface area (Å²) in [4.78, 5) is 4.51. The van der Waals surface area contributed by atoms with Gasteiger partial charge in [0.1, 0.15) is 12.0 Å². The van der Waals surface area contributed by atoms with Crippen molar-refractivity contribution in [3.8, 4) is 17.2 Å². The Kier molecular flexibility index (Phi) is 3.90. The molecule has 2 N–H and O–H groups in total. The van der Waals surface area contributed by atoms with Gasteiger partial charge in [0.25, 0.3) is 0 Å². The minimum atomic E-state index is -0.174. The number of ether oxygens (including phenoxy) is 1. The molecule has 4 heteroatoms. The first-order valence-corrected chi connectivity index (χ1v) is 6.46. The molecule has 4 nitrogen and oxygen atoms in total. The molecule has 0 unspecified atom stereocenters. The first-order valence-electron chi connectivity index (χ1n) is 6.46. The molecule has 0 saturated heterocycles. The molecule has 0 bridgehead atoms. The van der Waals surface area contributed by atoms with Gasteiger partial charge in [0.05, 0.1) is 12.3 Å². The lowest BCUT2D eigenvalue weighted by Gasteiger charge is -2.18. The number of nitrogens with two attached hydrogens (primary N) is 1. The summed E-state index contributed by atoms with van der Waals surface area (Å²) in [5.74, 6) is 1.46. The SMILES string of the molecule is CCOc1ccc(-c2nc(C(C)(C)CN)co2)cc1. The normalized spacial score (nSPS) is 11.6. The molecule has 0 atom stereocenters. The fourth-order valence-electron chi connectivity index (χ4n) is 1.68. The average molecular weight is 260 g/mol. The molecule has 0 saturated carbocycles. The van der Waals surface area contributed by atoms with Gasteiger partial charge in [-0.15, -0.1) is 0 Å². The molecular formula is C15H20N2O2. The Hall–Kier alpha value is -1.81. The first-order chi connectivity index (χ1) is 9.06. The molecule has 1 heterocycles. The number of hydrogen-bond donors (Lipinski definition) is 1. The van der Waals surface area contributed by atoms with Gasteiger partial charge >= 0.3 is 0 Å². The predicted molar refractivity (Wildman–Crippen MR) is 75.2 cm³/mol. The van der Waals surface area contributed by atoms with E-state index < -0.39 is 0 Å². The molecule has 0 radical (unpaired) electrons. The number of benzene rings is 1. The molecule has 19 heavy (non-hydrogen) atoms. The van der Waals surface area contributed by atoms with E-state index in [1.807, 2.05) is 45.0 Å². The third-order valence-electron chi connectivity index (χ3n) is 3.12. The van der Waals surface area contributed by atoms with E-state index in [2.05, 4.69) is 4.98 Å². The molecule has 2 aromatic rings. The molecule has 0 aliphatic rings. The third kappa shape index (κ3) is 2.96. The number of oxazole rings is 1. The van der Waals surface area contributed by atoms with Crippen molar-refractivity contribution in [2.75, 3.05) is 13.2 Å². The minimum Gasteiger partial charge on any atom is -0.494 e. The van der Waals surface area contributed by atoms with Crippen molar-refractivity contribution in [3.63, 3.8) is 0 Å². The van der Waals surface area contributed by atoms with E-state index in [0.717, 1.165) is 17.0 Å². The topological polar surface area (TPSA) is 61.3 Å². The van der Waals surface area contributed by atoms with E-state index in [1.54, 1.807) is 6.26 Å². The standard InChI is InChI=1S/C15H20N2O2/c1-4-18-12-7-5-11(6-8-12)14-17-13(9-19-14)15(2,3)10-16/h5-9H,4,10,16H2,1-3H3. The highest BCUT2D eigenvalue weighted by molar-refractivity contribution is 5.54. The van der Waals surface area contributed by atoms with E-state index >= 15 is 0 Å². The summed E-state index contributed by atoms with van der Waals surface area (Å²) in [5, 5.41) is 0. The summed E-state index contributed by atoms with van der Waals surface area (Å²) in [5.41, 5.74) is 7.37. The Morgan fingerprint density at radius 3 is 2.53 bits per heavy atom. The van der Waals surface area contributed by atoms with Crippen LogP contribution in [0.3, 0.4) is 0 Å². The Bertz CT molecular complexity index is 529. The van der Waals surface area contributed by atoms with E-state index in [0.29, 0.717) is 19.0 Å². The maximum absolute atomic E-state index is 5.74. The summed E-state index contributed by atoms with van der Waals surface area (Å²) in [6.07, 6.45) is 1.68. The van der Waals surface area contributed by atoms with Gasteiger partial charge in [-0.25, -0.2) is 4.98 Å². The lowest BCUT2D eigenvalue weighted by atomic mass is 9.90. The summed E-state index contributed by atoms with van der Waals surface area (Å²) in [6, 6.07) is 7.71. The van der Waals surface area contributed by atoms with Crippen LogP contribution in [0.25, 0.3) is 11.5 Å². The van der Waals surface area contributed by atoms with Crippen LogP contribution in [0.5, 0.6) is 5.75 Å². The largest absolute Gasteiger partial charge is 0.494 e. The summed E-state index contributed by atoms with van der Waals surface area (Å²) in [7, 11) is 0. The Balaban J connectivity index is 2.23. The maximum atomic E-state index is 5.74. The van der Waals surface area contributed by atoms with Crippen LogP contribution in [0.4, 0.5) is 0 Å². The second kappa shape index (κ2) is 5.45. The fraction of sp³-hybridized carbons (Fsp3) is 0.400. The number of aromatic nitrogens is 1. The highest BCUT2D eigenvalue weighted by atomic mass is 16.5. The molecular weight excluding hydrogens is 240 g/mol. The average Bonchev–Trinajstić information content (AvgIpc) is 2.90. The quantitative estimate of drug-likeness (QED) is 0.897. The van der Waals surface area contributed by atoms with Crippen molar-refractivity contribution in [3.05, 3.63) is 36.2 Å². The van der Waals surface area contributed by atoms with E-state index in [-0.39, 0.29) is 5.41 Å². The first kappa shape index (κ1) is 13.6. The van der Waals surface area contributed by atoms with Crippen molar-refractivity contribution >= 4 is 0 Å². The van der Waals surface area contributed by atoms with Crippen molar-refractivity contribution < 1.29 is 9.15 Å². The Morgan fingerprint density at radius 2 is 1.95 bits per heavy atom. The lowest BCUT2D eigenvalue weighted by molar-refractivity contribution is 0.340. The van der Waals surface area contributed by atoms with E-state index in [9.17, 15) is 0 Å². The van der Waals surface area contributed by atoms with E-state index in [4.69, 9.17) is 14.9 Å². The fourth-order valence-corrected chi connectivity index (χ4v) is 1.68. The van der Waals surface area contributed by atoms with Crippen LogP contribution in [0, 0.1) is 0 Å². The second-order valence-electron chi connectivity index (χ2n) is 5.08. The zero-order valence-corrected chi connectivity index (χ0v) is 11.6. The summed E-state index contributed by atoms with van der Waals surface area (Å²) >= 11 is 0. The van der Waals surface area contributed by atoms with Crippen molar-refractivity contribution in [2.24, 2.45) is 5.73 Å². The Morgan fingerprint density at radius 1 is 1.26 bits per heavy atom. The number of nitrogens with zero attached hydrogens (tertiary/aromatic N) is 1. The minimum absolute atomic E-state index is 0.174. The monoisotopic (exact) mass is 260 g/mol. The van der Waals surface area contributed by atoms with Gasteiger partial charge in [-0.05, 0) is 31.2 Å². The number of rotatable bonds is 5. The molecule has 1 aromatic heterocycles. The molecule has 0 amide bonds. The van der Waals surface area contributed by atoms with Crippen LogP contribution in [-0.4, -0.2) is 18.1 Å². The van der Waals surface area contributed by atoms with Gasteiger partial charge in [-0.1, -0.05) is 13.8 Å². The lowest BCUT2D eigenvalue weighted by Crippen LogP contribution is -2.28. The van der Waals surface area contributed by atoms with Crippen LogP contribution >= 0.6 is 0 Å². The zero-order valence-electron chi connectivity index (χ0n) is 11.6. The van der Waals surface area contributed by atoms with Crippen molar-refractivity contribution in [1.82, 2.24) is 4.98 Å². The Labute approximate surface area is 113 Å². The van der Waals surface area contributed by atoms with Crippen molar-refractivity contribution in [2.45, 2.75) is 26.2 Å². The maximum Gasteiger partial charge on any atom is 0.226 e. The van der Waals surface area contributed by atoms with Crippen LogP contribution in [0.15, 0.2) is 34.9 Å². The van der Waals surface area contributed by atoms with Gasteiger partial charge in [0.2, 0.25) is 5.89 Å². The van der Waals surface area contributed by atoms with E-state index in [1.165, 1.54) is 0 Å². The van der Waals surface area contributed by atoms with Crippen LogP contribution < -0.4 is 10.5 Å². The van der Waals surface area contributed by atoms with Gasteiger partial charge in [0.15, 0.2) is 0 Å².